The molecule has 3 N–H and O–H groups in total. The van der Waals surface area contributed by atoms with Gasteiger partial charge in [-0.3, -0.25) is 9.69 Å². The average molecular weight is 398 g/mol. The standard InChI is InChI=1S/C20H23N5O2S/c21-20-23-17(14-5-2-1-3-6-14)15-13-16(28-19(15)24-20)18(26)22-7-4-8-25-9-11-27-12-10-25/h1-3,5-6,13H,4,7-12H2,(H,22,26)(H2,21,23,24). The number of morpholine rings is 1. The van der Waals surface area contributed by atoms with Gasteiger partial charge in [0.2, 0.25) is 5.95 Å². The fourth-order valence-electron chi connectivity index (χ4n) is 3.28. The Labute approximate surface area is 167 Å². The largest absolute Gasteiger partial charge is 0.379 e. The summed E-state index contributed by atoms with van der Waals surface area (Å²) in [6.07, 6.45) is 0.915. The molecule has 2 aromatic heterocycles. The lowest BCUT2D eigenvalue weighted by Gasteiger charge is -2.26. The van der Waals surface area contributed by atoms with E-state index in [0.717, 1.165) is 60.7 Å². The van der Waals surface area contributed by atoms with Gasteiger partial charge in [-0.25, -0.2) is 9.97 Å². The quantitative estimate of drug-likeness (QED) is 0.621. The summed E-state index contributed by atoms with van der Waals surface area (Å²) >= 11 is 1.34. The zero-order chi connectivity index (χ0) is 19.3. The molecule has 0 aliphatic carbocycles. The number of hydrogen-bond acceptors (Lipinski definition) is 7. The Kier molecular flexibility index (Phi) is 5.80. The van der Waals surface area contributed by atoms with Crippen LogP contribution in [0.2, 0.25) is 0 Å². The number of fused-ring (bicyclic) bond motifs is 1. The van der Waals surface area contributed by atoms with E-state index in [2.05, 4.69) is 20.2 Å². The molecular weight excluding hydrogens is 374 g/mol. The summed E-state index contributed by atoms with van der Waals surface area (Å²) < 4.78 is 5.35. The first-order valence-corrected chi connectivity index (χ1v) is 10.2. The van der Waals surface area contributed by atoms with E-state index >= 15 is 0 Å². The summed E-state index contributed by atoms with van der Waals surface area (Å²) in [7, 11) is 0. The van der Waals surface area contributed by atoms with Crippen LogP contribution in [0.5, 0.6) is 0 Å². The van der Waals surface area contributed by atoms with Crippen LogP contribution in [-0.4, -0.2) is 60.2 Å². The second-order valence-corrected chi connectivity index (χ2v) is 7.72. The first-order valence-electron chi connectivity index (χ1n) is 9.41. The number of hydrogen-bond donors (Lipinski definition) is 2. The van der Waals surface area contributed by atoms with Crippen LogP contribution in [0, 0.1) is 0 Å². The van der Waals surface area contributed by atoms with Gasteiger partial charge in [0.15, 0.2) is 0 Å². The minimum atomic E-state index is -0.0810. The molecule has 146 valence electrons. The third-order valence-corrected chi connectivity index (χ3v) is 5.75. The molecule has 1 fully saturated rings. The molecule has 3 aromatic rings. The van der Waals surface area contributed by atoms with Gasteiger partial charge in [-0.05, 0) is 19.0 Å². The number of nitrogens with zero attached hydrogens (tertiary/aromatic N) is 3. The molecule has 28 heavy (non-hydrogen) atoms. The number of carbonyl (C=O) groups excluding carboxylic acids is 1. The molecule has 0 bridgehead atoms. The van der Waals surface area contributed by atoms with Crippen molar-refractivity contribution in [1.29, 1.82) is 0 Å². The van der Waals surface area contributed by atoms with Gasteiger partial charge in [-0.15, -0.1) is 11.3 Å². The monoisotopic (exact) mass is 397 g/mol. The van der Waals surface area contributed by atoms with Gasteiger partial charge in [0, 0.05) is 30.6 Å². The summed E-state index contributed by atoms with van der Waals surface area (Å²) in [5.41, 5.74) is 7.60. The van der Waals surface area contributed by atoms with E-state index in [1.165, 1.54) is 11.3 Å². The maximum Gasteiger partial charge on any atom is 0.261 e. The molecule has 0 unspecified atom stereocenters. The van der Waals surface area contributed by atoms with Crippen molar-refractivity contribution in [3.63, 3.8) is 0 Å². The predicted octanol–water partition coefficient (Wildman–Crippen LogP) is 2.39. The van der Waals surface area contributed by atoms with Crippen LogP contribution in [0.4, 0.5) is 5.95 Å². The molecule has 1 aromatic carbocycles. The molecule has 0 spiro atoms. The zero-order valence-electron chi connectivity index (χ0n) is 15.6. The van der Waals surface area contributed by atoms with Gasteiger partial charge in [-0.1, -0.05) is 30.3 Å². The number of ether oxygens (including phenoxy) is 1. The van der Waals surface area contributed by atoms with Gasteiger partial charge < -0.3 is 15.8 Å². The van der Waals surface area contributed by atoms with Crippen molar-refractivity contribution in [2.45, 2.75) is 6.42 Å². The van der Waals surface area contributed by atoms with Crippen molar-refractivity contribution in [2.24, 2.45) is 0 Å². The number of anilines is 1. The number of nitrogens with one attached hydrogen (secondary N) is 1. The minimum absolute atomic E-state index is 0.0810. The number of benzene rings is 1. The second-order valence-electron chi connectivity index (χ2n) is 6.69. The molecule has 0 radical (unpaired) electrons. The number of nitrogen functional groups attached to an aromatic ring is 1. The Morgan fingerprint density at radius 3 is 2.79 bits per heavy atom. The van der Waals surface area contributed by atoms with Gasteiger partial charge >= 0.3 is 0 Å². The molecule has 4 rings (SSSR count). The highest BCUT2D eigenvalue weighted by atomic mass is 32.1. The Morgan fingerprint density at radius 2 is 2.00 bits per heavy atom. The lowest BCUT2D eigenvalue weighted by atomic mass is 10.1. The highest BCUT2D eigenvalue weighted by Gasteiger charge is 2.16. The van der Waals surface area contributed by atoms with E-state index in [-0.39, 0.29) is 11.9 Å². The normalized spacial score (nSPS) is 15.0. The average Bonchev–Trinajstić information content (AvgIpc) is 3.16. The van der Waals surface area contributed by atoms with Crippen molar-refractivity contribution < 1.29 is 9.53 Å². The third kappa shape index (κ3) is 4.30. The maximum atomic E-state index is 12.6. The van der Waals surface area contributed by atoms with E-state index in [0.29, 0.717) is 11.4 Å². The van der Waals surface area contributed by atoms with Crippen LogP contribution in [0.1, 0.15) is 16.1 Å². The Balaban J connectivity index is 1.44. The van der Waals surface area contributed by atoms with Crippen molar-refractivity contribution in [2.75, 3.05) is 45.1 Å². The summed E-state index contributed by atoms with van der Waals surface area (Å²) in [5.74, 6) is 0.133. The van der Waals surface area contributed by atoms with Crippen molar-refractivity contribution in [1.82, 2.24) is 20.2 Å². The van der Waals surface area contributed by atoms with Crippen LogP contribution in [0.15, 0.2) is 36.4 Å². The molecule has 1 aliphatic heterocycles. The van der Waals surface area contributed by atoms with Gasteiger partial charge in [0.1, 0.15) is 4.83 Å². The van der Waals surface area contributed by atoms with E-state index in [4.69, 9.17) is 10.5 Å². The van der Waals surface area contributed by atoms with E-state index < -0.39 is 0 Å². The number of thiophene rings is 1. The Morgan fingerprint density at radius 1 is 1.21 bits per heavy atom. The van der Waals surface area contributed by atoms with Crippen molar-refractivity contribution >= 4 is 33.4 Å². The Bertz CT molecular complexity index is 954. The maximum absolute atomic E-state index is 12.6. The highest BCUT2D eigenvalue weighted by molar-refractivity contribution is 7.20. The summed E-state index contributed by atoms with van der Waals surface area (Å²) in [5, 5.41) is 3.86. The van der Waals surface area contributed by atoms with E-state index in [9.17, 15) is 4.79 Å². The van der Waals surface area contributed by atoms with Crippen LogP contribution >= 0.6 is 11.3 Å². The third-order valence-electron chi connectivity index (χ3n) is 4.72. The van der Waals surface area contributed by atoms with Crippen LogP contribution < -0.4 is 11.1 Å². The number of carbonyl (C=O) groups is 1. The number of nitrogens with two attached hydrogens (primary N) is 1. The summed E-state index contributed by atoms with van der Waals surface area (Å²) in [4.78, 5) is 25.0. The molecule has 0 saturated carbocycles. The Hall–Kier alpha value is -2.55. The number of aromatic nitrogens is 2. The van der Waals surface area contributed by atoms with Gasteiger partial charge in [0.05, 0.1) is 23.8 Å². The molecule has 1 aliphatic rings. The lowest BCUT2D eigenvalue weighted by molar-refractivity contribution is 0.0374. The fourth-order valence-corrected chi connectivity index (χ4v) is 4.24. The van der Waals surface area contributed by atoms with Crippen molar-refractivity contribution in [3.8, 4) is 11.3 Å². The van der Waals surface area contributed by atoms with Gasteiger partial charge in [-0.2, -0.15) is 0 Å². The molecule has 3 heterocycles. The van der Waals surface area contributed by atoms with E-state index in [1.807, 2.05) is 36.4 Å². The molecule has 1 amide bonds. The van der Waals surface area contributed by atoms with Crippen LogP contribution in [0.25, 0.3) is 21.5 Å². The zero-order valence-corrected chi connectivity index (χ0v) is 16.4. The summed E-state index contributed by atoms with van der Waals surface area (Å²) in [6, 6.07) is 11.7. The molecule has 7 nitrogen and oxygen atoms in total. The second kappa shape index (κ2) is 8.64. The molecule has 8 heteroatoms. The molecule has 1 saturated heterocycles. The van der Waals surface area contributed by atoms with Crippen molar-refractivity contribution in [3.05, 3.63) is 41.3 Å². The fraction of sp³-hybridized carbons (Fsp3) is 0.350. The highest BCUT2D eigenvalue weighted by Crippen LogP contribution is 2.32. The summed E-state index contributed by atoms with van der Waals surface area (Å²) in [6.45, 7) is 5.13. The number of rotatable bonds is 6. The van der Waals surface area contributed by atoms with Crippen LogP contribution in [0.3, 0.4) is 0 Å². The molecular formula is C20H23N5O2S. The first kappa shape index (κ1) is 18.8. The predicted molar refractivity (Wildman–Crippen MR) is 111 cm³/mol. The van der Waals surface area contributed by atoms with E-state index in [1.54, 1.807) is 0 Å². The van der Waals surface area contributed by atoms with Crippen LogP contribution in [-0.2, 0) is 4.74 Å². The molecule has 0 atom stereocenters. The van der Waals surface area contributed by atoms with Gasteiger partial charge in [0.25, 0.3) is 5.91 Å². The number of amides is 1. The smallest absolute Gasteiger partial charge is 0.261 e. The first-order chi connectivity index (χ1) is 13.7. The topological polar surface area (TPSA) is 93.4 Å². The lowest BCUT2D eigenvalue weighted by Crippen LogP contribution is -2.38. The SMILES string of the molecule is Nc1nc(-c2ccccc2)c2cc(C(=O)NCCCN3CCOCC3)sc2n1. The minimum Gasteiger partial charge on any atom is -0.379 e.